The topological polar surface area (TPSA) is 90.6 Å². The molecule has 3 heterocycles. The van der Waals surface area contributed by atoms with Gasteiger partial charge in [0.2, 0.25) is 5.91 Å². The summed E-state index contributed by atoms with van der Waals surface area (Å²) in [6, 6.07) is 0.272. The quantitative estimate of drug-likeness (QED) is 0.666. The highest BCUT2D eigenvalue weighted by Crippen LogP contribution is 2.33. The minimum absolute atomic E-state index is 0.0254. The third-order valence-corrected chi connectivity index (χ3v) is 5.47. The van der Waals surface area contributed by atoms with Gasteiger partial charge in [-0.2, -0.15) is 9.97 Å². The van der Waals surface area contributed by atoms with E-state index in [2.05, 4.69) is 16.9 Å². The van der Waals surface area contributed by atoms with Gasteiger partial charge in [-0.1, -0.05) is 26.2 Å². The number of fused-ring (bicyclic) bond motifs is 1. The van der Waals surface area contributed by atoms with Gasteiger partial charge >= 0.3 is 6.01 Å². The molecule has 0 saturated carbocycles. The number of anilines is 2. The van der Waals surface area contributed by atoms with E-state index in [-0.39, 0.29) is 24.4 Å². The lowest BCUT2D eigenvalue weighted by atomic mass is 9.94. The van der Waals surface area contributed by atoms with Crippen LogP contribution in [0.15, 0.2) is 0 Å². The Morgan fingerprint density at radius 1 is 1.30 bits per heavy atom. The second kappa shape index (κ2) is 9.35. The van der Waals surface area contributed by atoms with Crippen LogP contribution in [-0.4, -0.2) is 41.7 Å². The molecule has 0 bridgehead atoms. The van der Waals surface area contributed by atoms with Crippen molar-refractivity contribution < 1.29 is 14.3 Å². The summed E-state index contributed by atoms with van der Waals surface area (Å²) in [7, 11) is 0. The Bertz CT molecular complexity index is 646. The summed E-state index contributed by atoms with van der Waals surface area (Å²) >= 11 is 0. The SMILES string of the molecule is CCC[C@H](C)Oc1nc(N)c2c(n1)N(CCCCC1CCOCC1)C(=O)C2. The minimum Gasteiger partial charge on any atom is -0.460 e. The number of unbranched alkanes of at least 4 members (excludes halogenated alkanes) is 1. The van der Waals surface area contributed by atoms with Crippen molar-refractivity contribution in [3.63, 3.8) is 0 Å². The Morgan fingerprint density at radius 2 is 2.07 bits per heavy atom. The van der Waals surface area contributed by atoms with E-state index in [0.717, 1.165) is 63.2 Å². The Kier molecular flexibility index (Phi) is 6.88. The lowest BCUT2D eigenvalue weighted by Crippen LogP contribution is -2.28. The molecule has 7 heteroatoms. The molecule has 1 aromatic heterocycles. The molecule has 7 nitrogen and oxygen atoms in total. The lowest BCUT2D eigenvalue weighted by molar-refractivity contribution is -0.117. The molecule has 150 valence electrons. The number of carbonyl (C=O) groups is 1. The maximum atomic E-state index is 12.5. The first-order valence-corrected chi connectivity index (χ1v) is 10.3. The number of nitrogen functional groups attached to an aromatic ring is 1. The van der Waals surface area contributed by atoms with Gasteiger partial charge in [-0.15, -0.1) is 0 Å². The maximum absolute atomic E-state index is 12.5. The number of nitrogens with zero attached hydrogens (tertiary/aromatic N) is 3. The number of rotatable bonds is 9. The molecular weight excluding hydrogens is 344 g/mol. The summed E-state index contributed by atoms with van der Waals surface area (Å²) in [5, 5.41) is 0. The summed E-state index contributed by atoms with van der Waals surface area (Å²) in [5.41, 5.74) is 6.81. The molecule has 1 fully saturated rings. The van der Waals surface area contributed by atoms with Gasteiger partial charge in [-0.3, -0.25) is 9.69 Å². The first kappa shape index (κ1) is 19.9. The van der Waals surface area contributed by atoms with Crippen LogP contribution >= 0.6 is 0 Å². The molecule has 0 aliphatic carbocycles. The van der Waals surface area contributed by atoms with E-state index >= 15 is 0 Å². The van der Waals surface area contributed by atoms with Crippen molar-refractivity contribution in [1.29, 1.82) is 0 Å². The zero-order valence-electron chi connectivity index (χ0n) is 16.6. The fourth-order valence-corrected chi connectivity index (χ4v) is 3.89. The van der Waals surface area contributed by atoms with E-state index in [0.29, 0.717) is 18.2 Å². The van der Waals surface area contributed by atoms with Crippen molar-refractivity contribution in [1.82, 2.24) is 9.97 Å². The van der Waals surface area contributed by atoms with E-state index in [1.165, 1.54) is 6.42 Å². The van der Waals surface area contributed by atoms with E-state index in [1.807, 2.05) is 6.92 Å². The number of ether oxygens (including phenoxy) is 2. The van der Waals surface area contributed by atoms with Crippen molar-refractivity contribution in [2.45, 2.75) is 71.3 Å². The standard InChI is InChI=1S/C20H32N4O3/c1-3-6-14(2)27-20-22-18(21)16-13-17(25)24(19(16)23-20)10-5-4-7-15-8-11-26-12-9-15/h14-15H,3-13H2,1-2H3,(H2,21,22,23)/t14-/m0/s1. The fourth-order valence-electron chi connectivity index (χ4n) is 3.89. The molecule has 1 saturated heterocycles. The van der Waals surface area contributed by atoms with Crippen LogP contribution in [0.1, 0.15) is 64.4 Å². The highest BCUT2D eigenvalue weighted by atomic mass is 16.5. The zero-order valence-corrected chi connectivity index (χ0v) is 16.6. The molecule has 1 aromatic rings. The molecule has 0 radical (unpaired) electrons. The van der Waals surface area contributed by atoms with Crippen LogP contribution in [0.3, 0.4) is 0 Å². The average Bonchev–Trinajstić information content (AvgIpc) is 2.96. The molecule has 0 unspecified atom stereocenters. The van der Waals surface area contributed by atoms with E-state index in [4.69, 9.17) is 15.2 Å². The van der Waals surface area contributed by atoms with Crippen molar-refractivity contribution in [3.8, 4) is 6.01 Å². The number of hydrogen-bond acceptors (Lipinski definition) is 6. The second-order valence-corrected chi connectivity index (χ2v) is 7.68. The predicted octanol–water partition coefficient (Wildman–Crippen LogP) is 3.11. The lowest BCUT2D eigenvalue weighted by Gasteiger charge is -2.22. The first-order valence-electron chi connectivity index (χ1n) is 10.3. The van der Waals surface area contributed by atoms with Crippen LogP contribution in [-0.2, 0) is 16.0 Å². The number of aromatic nitrogens is 2. The number of hydrogen-bond donors (Lipinski definition) is 1. The Hall–Kier alpha value is -1.89. The normalized spacial score (nSPS) is 18.6. The number of carbonyl (C=O) groups excluding carboxylic acids is 1. The minimum atomic E-state index is 0.0254. The Morgan fingerprint density at radius 3 is 2.81 bits per heavy atom. The van der Waals surface area contributed by atoms with Gasteiger partial charge in [0.05, 0.1) is 12.5 Å². The highest BCUT2D eigenvalue weighted by Gasteiger charge is 2.32. The Balaban J connectivity index is 1.59. The summed E-state index contributed by atoms with van der Waals surface area (Å²) in [5.74, 6) is 1.81. The summed E-state index contributed by atoms with van der Waals surface area (Å²) in [6.07, 6.45) is 7.86. The van der Waals surface area contributed by atoms with E-state index < -0.39 is 0 Å². The maximum Gasteiger partial charge on any atom is 0.320 e. The molecule has 2 aliphatic rings. The summed E-state index contributed by atoms with van der Waals surface area (Å²) in [4.78, 5) is 23.0. The van der Waals surface area contributed by atoms with Crippen LogP contribution < -0.4 is 15.4 Å². The molecule has 1 amide bonds. The van der Waals surface area contributed by atoms with Crippen LogP contribution in [0.4, 0.5) is 11.6 Å². The van der Waals surface area contributed by atoms with Gasteiger partial charge in [0.15, 0.2) is 0 Å². The van der Waals surface area contributed by atoms with Crippen molar-refractivity contribution >= 4 is 17.5 Å². The zero-order chi connectivity index (χ0) is 19.2. The Labute approximate surface area is 161 Å². The average molecular weight is 377 g/mol. The van der Waals surface area contributed by atoms with Crippen molar-refractivity contribution in [3.05, 3.63) is 5.56 Å². The van der Waals surface area contributed by atoms with E-state index in [9.17, 15) is 4.79 Å². The number of nitrogens with two attached hydrogens (primary N) is 1. The van der Waals surface area contributed by atoms with Gasteiger partial charge in [0.25, 0.3) is 0 Å². The van der Waals surface area contributed by atoms with Gasteiger partial charge < -0.3 is 15.2 Å². The van der Waals surface area contributed by atoms with Crippen LogP contribution in [0.2, 0.25) is 0 Å². The largest absolute Gasteiger partial charge is 0.460 e. The molecule has 27 heavy (non-hydrogen) atoms. The van der Waals surface area contributed by atoms with Crippen molar-refractivity contribution in [2.75, 3.05) is 30.4 Å². The smallest absolute Gasteiger partial charge is 0.320 e. The van der Waals surface area contributed by atoms with Gasteiger partial charge in [0, 0.05) is 25.3 Å². The second-order valence-electron chi connectivity index (χ2n) is 7.68. The first-order chi connectivity index (χ1) is 13.1. The fraction of sp³-hybridized carbons (Fsp3) is 0.750. The van der Waals surface area contributed by atoms with Gasteiger partial charge in [-0.05, 0) is 38.5 Å². The highest BCUT2D eigenvalue weighted by molar-refractivity contribution is 6.01. The van der Waals surface area contributed by atoms with E-state index in [1.54, 1.807) is 4.90 Å². The molecule has 3 rings (SSSR count). The van der Waals surface area contributed by atoms with Crippen LogP contribution in [0, 0.1) is 5.92 Å². The van der Waals surface area contributed by atoms with Crippen molar-refractivity contribution in [2.24, 2.45) is 5.92 Å². The predicted molar refractivity (Wildman–Crippen MR) is 105 cm³/mol. The molecular formula is C20H32N4O3. The molecule has 2 aliphatic heterocycles. The van der Waals surface area contributed by atoms with Gasteiger partial charge in [-0.25, -0.2) is 0 Å². The molecule has 1 atom stereocenters. The third-order valence-electron chi connectivity index (χ3n) is 5.47. The summed E-state index contributed by atoms with van der Waals surface area (Å²) in [6.45, 7) is 6.56. The molecule has 0 spiro atoms. The molecule has 2 N–H and O–H groups in total. The monoisotopic (exact) mass is 376 g/mol. The van der Waals surface area contributed by atoms with Crippen LogP contribution in [0.5, 0.6) is 6.01 Å². The number of amides is 1. The summed E-state index contributed by atoms with van der Waals surface area (Å²) < 4.78 is 11.2. The molecule has 0 aromatic carbocycles. The third kappa shape index (κ3) is 5.09. The van der Waals surface area contributed by atoms with Crippen LogP contribution in [0.25, 0.3) is 0 Å². The van der Waals surface area contributed by atoms with Gasteiger partial charge in [0.1, 0.15) is 11.6 Å².